The number of benzene rings is 1. The van der Waals surface area contributed by atoms with E-state index >= 15 is 0 Å². The van der Waals surface area contributed by atoms with Crippen LogP contribution in [0.1, 0.15) is 23.3 Å². The molecule has 1 aromatic heterocycles. The van der Waals surface area contributed by atoms with E-state index in [1.165, 1.54) is 5.56 Å². The number of carbonyl (C=O) groups excluding carboxylic acids is 1. The van der Waals surface area contributed by atoms with Crippen LogP contribution in [0.15, 0.2) is 41.0 Å². The lowest BCUT2D eigenvalue weighted by Gasteiger charge is -2.14. The van der Waals surface area contributed by atoms with Crippen molar-refractivity contribution < 1.29 is 9.21 Å². The predicted molar refractivity (Wildman–Crippen MR) is 72.1 cm³/mol. The molecule has 4 heteroatoms. The molecular formula is C15H16N2O2. The number of nitrogen functional groups attached to an aromatic ring is 1. The summed E-state index contributed by atoms with van der Waals surface area (Å²) in [6.07, 6.45) is 2.77. The van der Waals surface area contributed by atoms with Gasteiger partial charge in [0, 0.05) is 31.6 Å². The van der Waals surface area contributed by atoms with E-state index in [9.17, 15) is 4.79 Å². The van der Waals surface area contributed by atoms with E-state index in [1.54, 1.807) is 6.26 Å². The number of amides is 1. The van der Waals surface area contributed by atoms with Gasteiger partial charge in [-0.2, -0.15) is 0 Å². The largest absolute Gasteiger partial charge is 0.469 e. The van der Waals surface area contributed by atoms with E-state index < -0.39 is 0 Å². The molecule has 1 aromatic carbocycles. The Hall–Kier alpha value is -2.23. The number of fused-ring (bicyclic) bond motifs is 1. The fourth-order valence-corrected chi connectivity index (χ4v) is 2.43. The number of carbonyl (C=O) groups is 1. The molecule has 4 nitrogen and oxygen atoms in total. The molecule has 2 N–H and O–H groups in total. The quantitative estimate of drug-likeness (QED) is 0.857. The van der Waals surface area contributed by atoms with Gasteiger partial charge in [0.15, 0.2) is 0 Å². The Labute approximate surface area is 111 Å². The summed E-state index contributed by atoms with van der Waals surface area (Å²) in [6.45, 7) is 1.35. The molecule has 0 saturated heterocycles. The third-order valence-corrected chi connectivity index (χ3v) is 3.47. The fraction of sp³-hybridized carbons (Fsp3) is 0.267. The van der Waals surface area contributed by atoms with Gasteiger partial charge in [-0.15, -0.1) is 0 Å². The highest BCUT2D eigenvalue weighted by molar-refractivity contribution is 5.77. The first-order chi connectivity index (χ1) is 9.22. The van der Waals surface area contributed by atoms with E-state index in [4.69, 9.17) is 10.2 Å². The SMILES string of the molecule is Nc1ccc2c(c1)CN(C(=O)CCc1ccco1)C2. The molecule has 98 valence electrons. The van der Waals surface area contributed by atoms with Crippen molar-refractivity contribution in [2.45, 2.75) is 25.9 Å². The highest BCUT2D eigenvalue weighted by Gasteiger charge is 2.23. The molecule has 0 aliphatic carbocycles. The molecule has 0 unspecified atom stereocenters. The molecule has 2 aromatic rings. The van der Waals surface area contributed by atoms with Crippen molar-refractivity contribution in [1.82, 2.24) is 4.90 Å². The zero-order valence-electron chi connectivity index (χ0n) is 10.6. The Morgan fingerprint density at radius 2 is 2.11 bits per heavy atom. The average Bonchev–Trinajstić information content (AvgIpc) is 3.04. The second kappa shape index (κ2) is 4.80. The highest BCUT2D eigenvalue weighted by atomic mass is 16.3. The molecule has 1 aliphatic heterocycles. The van der Waals surface area contributed by atoms with Crippen molar-refractivity contribution in [2.75, 3.05) is 5.73 Å². The lowest BCUT2D eigenvalue weighted by atomic mass is 10.1. The van der Waals surface area contributed by atoms with Crippen LogP contribution in [0.4, 0.5) is 5.69 Å². The molecule has 3 rings (SSSR count). The van der Waals surface area contributed by atoms with Crippen LogP contribution in [0.2, 0.25) is 0 Å². The van der Waals surface area contributed by atoms with E-state index in [1.807, 2.05) is 35.2 Å². The Kier molecular flexibility index (Phi) is 2.99. The van der Waals surface area contributed by atoms with Gasteiger partial charge in [0.1, 0.15) is 5.76 Å². The van der Waals surface area contributed by atoms with E-state index in [-0.39, 0.29) is 5.91 Å². The summed E-state index contributed by atoms with van der Waals surface area (Å²) >= 11 is 0. The summed E-state index contributed by atoms with van der Waals surface area (Å²) in [7, 11) is 0. The fourth-order valence-electron chi connectivity index (χ4n) is 2.43. The second-order valence-corrected chi connectivity index (χ2v) is 4.86. The molecule has 19 heavy (non-hydrogen) atoms. The Morgan fingerprint density at radius 1 is 1.26 bits per heavy atom. The summed E-state index contributed by atoms with van der Waals surface area (Å²) in [5, 5.41) is 0. The molecule has 1 amide bonds. The van der Waals surface area contributed by atoms with Crippen molar-refractivity contribution in [1.29, 1.82) is 0 Å². The predicted octanol–water partition coefficient (Wildman–Crippen LogP) is 2.34. The monoisotopic (exact) mass is 256 g/mol. The lowest BCUT2D eigenvalue weighted by molar-refractivity contribution is -0.131. The number of nitrogens with zero attached hydrogens (tertiary/aromatic N) is 1. The number of rotatable bonds is 3. The summed E-state index contributed by atoms with van der Waals surface area (Å²) < 4.78 is 5.24. The van der Waals surface area contributed by atoms with Gasteiger partial charge in [-0.1, -0.05) is 6.07 Å². The first-order valence-corrected chi connectivity index (χ1v) is 6.40. The lowest BCUT2D eigenvalue weighted by Crippen LogP contribution is -2.25. The van der Waals surface area contributed by atoms with Crippen LogP contribution in [-0.4, -0.2) is 10.8 Å². The first-order valence-electron chi connectivity index (χ1n) is 6.40. The molecule has 0 spiro atoms. The van der Waals surface area contributed by atoms with Crippen molar-refractivity contribution in [3.05, 3.63) is 53.5 Å². The van der Waals surface area contributed by atoms with Crippen LogP contribution in [-0.2, 0) is 24.3 Å². The third-order valence-electron chi connectivity index (χ3n) is 3.47. The first kappa shape index (κ1) is 11.8. The van der Waals surface area contributed by atoms with Gasteiger partial charge in [0.05, 0.1) is 6.26 Å². The number of furan rings is 1. The zero-order chi connectivity index (χ0) is 13.2. The van der Waals surface area contributed by atoms with Crippen LogP contribution in [0.5, 0.6) is 0 Å². The molecule has 0 radical (unpaired) electrons. The minimum Gasteiger partial charge on any atom is -0.469 e. The number of hydrogen-bond donors (Lipinski definition) is 1. The minimum absolute atomic E-state index is 0.158. The van der Waals surface area contributed by atoms with Crippen LogP contribution < -0.4 is 5.73 Å². The Balaban J connectivity index is 1.61. The highest BCUT2D eigenvalue weighted by Crippen LogP contribution is 2.25. The minimum atomic E-state index is 0.158. The number of hydrogen-bond acceptors (Lipinski definition) is 3. The molecule has 2 heterocycles. The molecule has 0 bridgehead atoms. The van der Waals surface area contributed by atoms with Crippen molar-refractivity contribution in [3.8, 4) is 0 Å². The van der Waals surface area contributed by atoms with Crippen molar-refractivity contribution in [3.63, 3.8) is 0 Å². The summed E-state index contributed by atoms with van der Waals surface area (Å²) in [5.74, 6) is 1.01. The van der Waals surface area contributed by atoms with Gasteiger partial charge in [-0.05, 0) is 35.4 Å². The van der Waals surface area contributed by atoms with Gasteiger partial charge in [-0.25, -0.2) is 0 Å². The normalized spacial score (nSPS) is 13.6. The molecule has 0 fully saturated rings. The Morgan fingerprint density at radius 3 is 2.89 bits per heavy atom. The molecule has 0 saturated carbocycles. The van der Waals surface area contributed by atoms with E-state index in [0.717, 1.165) is 17.0 Å². The maximum absolute atomic E-state index is 12.1. The maximum Gasteiger partial charge on any atom is 0.223 e. The number of anilines is 1. The molecule has 0 atom stereocenters. The van der Waals surface area contributed by atoms with Gasteiger partial charge in [-0.3, -0.25) is 4.79 Å². The van der Waals surface area contributed by atoms with Crippen LogP contribution in [0.3, 0.4) is 0 Å². The number of nitrogens with two attached hydrogens (primary N) is 1. The van der Waals surface area contributed by atoms with Crippen molar-refractivity contribution in [2.24, 2.45) is 0 Å². The topological polar surface area (TPSA) is 59.5 Å². The van der Waals surface area contributed by atoms with E-state index in [0.29, 0.717) is 25.9 Å². The smallest absolute Gasteiger partial charge is 0.223 e. The van der Waals surface area contributed by atoms with Gasteiger partial charge >= 0.3 is 0 Å². The summed E-state index contributed by atoms with van der Waals surface area (Å²) in [4.78, 5) is 14.0. The van der Waals surface area contributed by atoms with Gasteiger partial charge in [0.2, 0.25) is 5.91 Å². The Bertz CT molecular complexity index is 590. The van der Waals surface area contributed by atoms with Gasteiger partial charge in [0.25, 0.3) is 0 Å². The van der Waals surface area contributed by atoms with Gasteiger partial charge < -0.3 is 15.1 Å². The average molecular weight is 256 g/mol. The second-order valence-electron chi connectivity index (χ2n) is 4.86. The van der Waals surface area contributed by atoms with E-state index in [2.05, 4.69) is 0 Å². The zero-order valence-corrected chi connectivity index (χ0v) is 10.6. The maximum atomic E-state index is 12.1. The van der Waals surface area contributed by atoms with Crippen molar-refractivity contribution >= 4 is 11.6 Å². The molecular weight excluding hydrogens is 240 g/mol. The third kappa shape index (κ3) is 2.47. The molecule has 1 aliphatic rings. The summed E-state index contributed by atoms with van der Waals surface area (Å²) in [5.41, 5.74) is 8.87. The standard InChI is InChI=1S/C15H16N2O2/c16-13-4-3-11-9-17(10-12(11)8-13)15(18)6-5-14-2-1-7-19-14/h1-4,7-8H,5-6,9-10,16H2. The number of aryl methyl sites for hydroxylation is 1. The van der Waals surface area contributed by atoms with Crippen LogP contribution >= 0.6 is 0 Å². The van der Waals surface area contributed by atoms with Crippen LogP contribution in [0, 0.1) is 0 Å². The summed E-state index contributed by atoms with van der Waals surface area (Å²) in [6, 6.07) is 9.58. The van der Waals surface area contributed by atoms with Crippen LogP contribution in [0.25, 0.3) is 0 Å².